The minimum atomic E-state index is -0.648. The second-order valence-corrected chi connectivity index (χ2v) is 4.62. The van der Waals surface area contributed by atoms with E-state index in [9.17, 15) is 4.79 Å². The van der Waals surface area contributed by atoms with Crippen molar-refractivity contribution in [3.63, 3.8) is 0 Å². The number of aliphatic carboxylic acids is 1. The van der Waals surface area contributed by atoms with Gasteiger partial charge in [0.2, 0.25) is 0 Å². The Morgan fingerprint density at radius 3 is 2.23 bits per heavy atom. The molecule has 0 aromatic heterocycles. The normalized spacial score (nSPS) is 22.2. The molecule has 0 aromatic carbocycles. The first-order chi connectivity index (χ1) is 6.12. The van der Waals surface area contributed by atoms with Crippen molar-refractivity contribution in [1.82, 2.24) is 0 Å². The molecule has 2 nitrogen and oxygen atoms in total. The second-order valence-electron chi connectivity index (χ2n) is 4.62. The number of hydrogen-bond donors (Lipinski definition) is 1. The van der Waals surface area contributed by atoms with Gasteiger partial charge in [0.15, 0.2) is 0 Å². The summed E-state index contributed by atoms with van der Waals surface area (Å²) in [6.07, 6.45) is 8.90. The summed E-state index contributed by atoms with van der Waals surface area (Å²) in [7, 11) is 0. The van der Waals surface area contributed by atoms with Gasteiger partial charge in [-0.3, -0.25) is 4.79 Å². The smallest absolute Gasteiger partial charge is 0.303 e. The third kappa shape index (κ3) is 3.79. The summed E-state index contributed by atoms with van der Waals surface area (Å²) in [5.74, 6) is -0.648. The van der Waals surface area contributed by atoms with E-state index in [0.717, 1.165) is 6.42 Å². The Labute approximate surface area is 80.3 Å². The van der Waals surface area contributed by atoms with E-state index in [0.29, 0.717) is 11.8 Å². The van der Waals surface area contributed by atoms with Crippen LogP contribution in [0.5, 0.6) is 0 Å². The first kappa shape index (κ1) is 10.6. The van der Waals surface area contributed by atoms with Gasteiger partial charge in [0.05, 0.1) is 0 Å². The molecule has 1 fully saturated rings. The highest BCUT2D eigenvalue weighted by Crippen LogP contribution is 2.38. The van der Waals surface area contributed by atoms with Gasteiger partial charge in [-0.25, -0.2) is 0 Å². The molecule has 0 radical (unpaired) electrons. The molecule has 0 bridgehead atoms. The lowest BCUT2D eigenvalue weighted by molar-refractivity contribution is -0.137. The molecule has 0 spiro atoms. The van der Waals surface area contributed by atoms with E-state index in [1.54, 1.807) is 0 Å². The maximum absolute atomic E-state index is 10.5. The molecule has 0 unspecified atom stereocenters. The second kappa shape index (κ2) is 4.64. The molecule has 0 aliphatic heterocycles. The predicted octanol–water partition coefficient (Wildman–Crippen LogP) is 3.21. The zero-order valence-electron chi connectivity index (χ0n) is 8.51. The van der Waals surface area contributed by atoms with E-state index in [1.807, 2.05) is 0 Å². The molecule has 0 amide bonds. The molecular formula is C11H20O2. The van der Waals surface area contributed by atoms with Gasteiger partial charge < -0.3 is 5.11 Å². The van der Waals surface area contributed by atoms with Crippen LogP contribution in [0.25, 0.3) is 0 Å². The van der Waals surface area contributed by atoms with E-state index in [2.05, 4.69) is 6.92 Å². The Balaban J connectivity index is 2.37. The standard InChI is InChI=1S/C11H20O2/c1-11(9-6-10(12)13)7-4-2-3-5-8-11/h2-9H2,1H3,(H,12,13). The van der Waals surface area contributed by atoms with Crippen molar-refractivity contribution in [2.24, 2.45) is 5.41 Å². The Morgan fingerprint density at radius 2 is 1.77 bits per heavy atom. The maximum Gasteiger partial charge on any atom is 0.303 e. The van der Waals surface area contributed by atoms with Crippen molar-refractivity contribution in [3.8, 4) is 0 Å². The van der Waals surface area contributed by atoms with E-state index in [1.165, 1.54) is 38.5 Å². The molecule has 0 atom stereocenters. The zero-order valence-corrected chi connectivity index (χ0v) is 8.51. The molecule has 76 valence electrons. The molecule has 13 heavy (non-hydrogen) atoms. The Hall–Kier alpha value is -0.530. The van der Waals surface area contributed by atoms with Crippen LogP contribution in [0.1, 0.15) is 58.3 Å². The molecule has 1 saturated carbocycles. The van der Waals surface area contributed by atoms with E-state index in [-0.39, 0.29) is 0 Å². The molecule has 2 heteroatoms. The number of rotatable bonds is 3. The van der Waals surface area contributed by atoms with Crippen molar-refractivity contribution in [1.29, 1.82) is 0 Å². The van der Waals surface area contributed by atoms with Crippen LogP contribution in [-0.2, 0) is 4.79 Å². The number of hydrogen-bond acceptors (Lipinski definition) is 1. The van der Waals surface area contributed by atoms with E-state index >= 15 is 0 Å². The van der Waals surface area contributed by atoms with Gasteiger partial charge in [-0.2, -0.15) is 0 Å². The highest BCUT2D eigenvalue weighted by molar-refractivity contribution is 5.66. The summed E-state index contributed by atoms with van der Waals surface area (Å²) in [5, 5.41) is 8.63. The molecule has 1 aliphatic carbocycles. The third-order valence-corrected chi connectivity index (χ3v) is 3.25. The lowest BCUT2D eigenvalue weighted by Crippen LogP contribution is -2.16. The fourth-order valence-corrected chi connectivity index (χ4v) is 2.24. The minimum Gasteiger partial charge on any atom is -0.481 e. The summed E-state index contributed by atoms with van der Waals surface area (Å²) < 4.78 is 0. The average molecular weight is 184 g/mol. The lowest BCUT2D eigenvalue weighted by Gasteiger charge is -2.27. The van der Waals surface area contributed by atoms with Gasteiger partial charge in [-0.05, 0) is 24.7 Å². The number of carboxylic acids is 1. The van der Waals surface area contributed by atoms with Crippen molar-refractivity contribution < 1.29 is 9.90 Å². The Bertz CT molecular complexity index is 167. The summed E-state index contributed by atoms with van der Waals surface area (Å²) in [6.45, 7) is 2.25. The summed E-state index contributed by atoms with van der Waals surface area (Å²) in [6, 6.07) is 0. The van der Waals surface area contributed by atoms with Crippen LogP contribution in [0.4, 0.5) is 0 Å². The molecule has 1 rings (SSSR count). The largest absolute Gasteiger partial charge is 0.481 e. The monoisotopic (exact) mass is 184 g/mol. The first-order valence-electron chi connectivity index (χ1n) is 5.34. The number of carboxylic acid groups (broad SMARTS) is 1. The van der Waals surface area contributed by atoms with Crippen LogP contribution < -0.4 is 0 Å². The summed E-state index contributed by atoms with van der Waals surface area (Å²) in [4.78, 5) is 10.5. The van der Waals surface area contributed by atoms with Crippen molar-refractivity contribution >= 4 is 5.97 Å². The zero-order chi connectivity index (χ0) is 9.73. The predicted molar refractivity (Wildman–Crippen MR) is 52.7 cm³/mol. The molecular weight excluding hydrogens is 164 g/mol. The van der Waals surface area contributed by atoms with Crippen molar-refractivity contribution in [2.75, 3.05) is 0 Å². The molecule has 0 saturated heterocycles. The lowest BCUT2D eigenvalue weighted by atomic mass is 9.78. The van der Waals surface area contributed by atoms with Gasteiger partial charge in [0, 0.05) is 6.42 Å². The van der Waals surface area contributed by atoms with E-state index < -0.39 is 5.97 Å². The molecule has 0 aromatic rings. The maximum atomic E-state index is 10.5. The minimum absolute atomic E-state index is 0.314. The number of carbonyl (C=O) groups is 1. The average Bonchev–Trinajstić information content (AvgIpc) is 2.28. The van der Waals surface area contributed by atoms with Crippen LogP contribution in [0.2, 0.25) is 0 Å². The Kier molecular flexibility index (Phi) is 3.76. The van der Waals surface area contributed by atoms with Crippen LogP contribution in [0, 0.1) is 5.41 Å². The Morgan fingerprint density at radius 1 is 1.23 bits per heavy atom. The summed E-state index contributed by atoms with van der Waals surface area (Å²) >= 11 is 0. The van der Waals surface area contributed by atoms with Crippen LogP contribution in [-0.4, -0.2) is 11.1 Å². The van der Waals surface area contributed by atoms with Gasteiger partial charge in [0.1, 0.15) is 0 Å². The van der Waals surface area contributed by atoms with Gasteiger partial charge in [-0.1, -0.05) is 32.6 Å². The van der Waals surface area contributed by atoms with Gasteiger partial charge >= 0.3 is 5.97 Å². The molecule has 1 aliphatic rings. The van der Waals surface area contributed by atoms with Gasteiger partial charge in [0.25, 0.3) is 0 Å². The van der Waals surface area contributed by atoms with Crippen molar-refractivity contribution in [3.05, 3.63) is 0 Å². The third-order valence-electron chi connectivity index (χ3n) is 3.25. The van der Waals surface area contributed by atoms with Crippen LogP contribution in [0.3, 0.4) is 0 Å². The van der Waals surface area contributed by atoms with Crippen molar-refractivity contribution in [2.45, 2.75) is 58.3 Å². The quantitative estimate of drug-likeness (QED) is 0.684. The summed E-state index contributed by atoms with van der Waals surface area (Å²) in [5.41, 5.74) is 0.314. The highest BCUT2D eigenvalue weighted by atomic mass is 16.4. The van der Waals surface area contributed by atoms with E-state index in [4.69, 9.17) is 5.11 Å². The first-order valence-corrected chi connectivity index (χ1v) is 5.34. The molecule has 1 N–H and O–H groups in total. The fraction of sp³-hybridized carbons (Fsp3) is 0.909. The SMILES string of the molecule is CC1(CCC(=O)O)CCCCCC1. The van der Waals surface area contributed by atoms with Crippen LogP contribution in [0.15, 0.2) is 0 Å². The molecule has 0 heterocycles. The van der Waals surface area contributed by atoms with Crippen LogP contribution >= 0.6 is 0 Å². The highest BCUT2D eigenvalue weighted by Gasteiger charge is 2.25. The topological polar surface area (TPSA) is 37.3 Å². The van der Waals surface area contributed by atoms with Gasteiger partial charge in [-0.15, -0.1) is 0 Å². The fourth-order valence-electron chi connectivity index (χ4n) is 2.24.